The Labute approximate surface area is 112 Å². The van der Waals surface area contributed by atoms with Gasteiger partial charge in [-0.1, -0.05) is 44.5 Å². The van der Waals surface area contributed by atoms with E-state index in [1.54, 1.807) is 11.3 Å². The van der Waals surface area contributed by atoms with Crippen LogP contribution < -0.4 is 0 Å². The Bertz CT molecular complexity index is 552. The highest BCUT2D eigenvalue weighted by Gasteiger charge is 2.23. The molecule has 1 aromatic carbocycles. The number of nitrogens with zero attached hydrogens (tertiary/aromatic N) is 1. The van der Waals surface area contributed by atoms with Crippen molar-refractivity contribution in [1.82, 2.24) is 4.98 Å². The summed E-state index contributed by atoms with van der Waals surface area (Å²) in [6.45, 7) is 8.52. The topological polar surface area (TPSA) is 33.1 Å². The molecule has 0 fully saturated rings. The maximum atomic E-state index is 9.47. The molecule has 2 nitrogen and oxygen atoms in total. The number of aryl methyl sites for hydroxylation is 1. The van der Waals surface area contributed by atoms with E-state index in [1.807, 2.05) is 6.07 Å². The molecule has 0 unspecified atom stereocenters. The molecule has 0 aliphatic carbocycles. The van der Waals surface area contributed by atoms with Crippen molar-refractivity contribution >= 4 is 11.3 Å². The van der Waals surface area contributed by atoms with Gasteiger partial charge in [-0.3, -0.25) is 0 Å². The molecule has 0 aliphatic rings. The maximum Gasteiger partial charge on any atom is 0.123 e. The minimum absolute atomic E-state index is 0.0311. The highest BCUT2D eigenvalue weighted by atomic mass is 32.1. The fourth-order valence-corrected chi connectivity index (χ4v) is 3.07. The van der Waals surface area contributed by atoms with Crippen molar-refractivity contribution in [3.05, 3.63) is 40.4 Å². The average molecular weight is 261 g/mol. The van der Waals surface area contributed by atoms with Gasteiger partial charge in [0.05, 0.1) is 17.2 Å². The Kier molecular flexibility index (Phi) is 3.55. The quantitative estimate of drug-likeness (QED) is 0.889. The molecule has 0 saturated carbocycles. The highest BCUT2D eigenvalue weighted by Crippen LogP contribution is 2.34. The fourth-order valence-electron chi connectivity index (χ4n) is 1.95. The number of thiazole rings is 1. The zero-order chi connectivity index (χ0) is 13.3. The Morgan fingerprint density at radius 3 is 2.50 bits per heavy atom. The molecular weight excluding hydrogens is 242 g/mol. The third-order valence-corrected chi connectivity index (χ3v) is 3.91. The number of benzene rings is 1. The lowest BCUT2D eigenvalue weighted by atomic mass is 9.91. The molecule has 2 rings (SSSR count). The molecule has 3 heteroatoms. The van der Waals surface area contributed by atoms with Gasteiger partial charge in [-0.15, -0.1) is 11.3 Å². The number of hydrogen-bond acceptors (Lipinski definition) is 3. The van der Waals surface area contributed by atoms with E-state index in [9.17, 15) is 5.11 Å². The lowest BCUT2D eigenvalue weighted by molar-refractivity contribution is 0.282. The molecule has 0 spiro atoms. The van der Waals surface area contributed by atoms with E-state index < -0.39 is 0 Å². The van der Waals surface area contributed by atoms with E-state index in [2.05, 4.69) is 45.9 Å². The molecule has 2 aromatic rings. The molecule has 1 aromatic heterocycles. The molecule has 1 heterocycles. The van der Waals surface area contributed by atoms with Gasteiger partial charge < -0.3 is 5.11 Å². The van der Waals surface area contributed by atoms with Crippen molar-refractivity contribution in [1.29, 1.82) is 0 Å². The van der Waals surface area contributed by atoms with Crippen LogP contribution in [0.3, 0.4) is 0 Å². The summed E-state index contributed by atoms with van der Waals surface area (Å²) in [7, 11) is 0. The second-order valence-electron chi connectivity index (χ2n) is 5.57. The summed E-state index contributed by atoms with van der Waals surface area (Å²) < 4.78 is 0. The van der Waals surface area contributed by atoms with Crippen LogP contribution >= 0.6 is 11.3 Å². The van der Waals surface area contributed by atoms with E-state index in [0.29, 0.717) is 0 Å². The van der Waals surface area contributed by atoms with Crippen molar-refractivity contribution in [2.24, 2.45) is 0 Å². The van der Waals surface area contributed by atoms with E-state index in [4.69, 9.17) is 4.98 Å². The molecule has 0 aliphatic heterocycles. The first-order chi connectivity index (χ1) is 8.41. The van der Waals surface area contributed by atoms with Crippen LogP contribution in [0.5, 0.6) is 0 Å². The van der Waals surface area contributed by atoms with Crippen LogP contribution in [0.2, 0.25) is 0 Å². The molecule has 0 radical (unpaired) electrons. The van der Waals surface area contributed by atoms with Crippen molar-refractivity contribution in [3.8, 4) is 10.6 Å². The summed E-state index contributed by atoms with van der Waals surface area (Å²) in [5.74, 6) is 0. The van der Waals surface area contributed by atoms with Crippen LogP contribution in [0.25, 0.3) is 10.6 Å². The normalized spacial score (nSPS) is 11.8. The second-order valence-corrected chi connectivity index (χ2v) is 6.65. The minimum Gasteiger partial charge on any atom is -0.391 e. The van der Waals surface area contributed by atoms with E-state index in [-0.39, 0.29) is 12.0 Å². The third kappa shape index (κ3) is 2.62. The molecule has 0 atom stereocenters. The first-order valence-corrected chi connectivity index (χ1v) is 6.91. The van der Waals surface area contributed by atoms with Crippen LogP contribution in [0.1, 0.15) is 36.9 Å². The predicted octanol–water partition coefficient (Wildman–Crippen LogP) is 3.91. The lowest BCUT2D eigenvalue weighted by Crippen LogP contribution is -2.14. The maximum absolute atomic E-state index is 9.47. The molecule has 0 bridgehead atoms. The molecule has 1 N–H and O–H groups in total. The number of hydrogen-bond donors (Lipinski definition) is 1. The van der Waals surface area contributed by atoms with Gasteiger partial charge in [0.1, 0.15) is 5.01 Å². The van der Waals surface area contributed by atoms with Crippen LogP contribution in [0, 0.1) is 6.92 Å². The fraction of sp³-hybridized carbons (Fsp3) is 0.400. The first kappa shape index (κ1) is 13.2. The van der Waals surface area contributed by atoms with Crippen molar-refractivity contribution < 1.29 is 5.11 Å². The Hall–Kier alpha value is -1.19. The molecule has 96 valence electrons. The predicted molar refractivity (Wildman–Crippen MR) is 76.9 cm³/mol. The van der Waals surface area contributed by atoms with Crippen LogP contribution in [-0.4, -0.2) is 10.1 Å². The smallest absolute Gasteiger partial charge is 0.123 e. The number of aromatic nitrogens is 1. The summed E-state index contributed by atoms with van der Waals surface area (Å²) in [5, 5.41) is 10.5. The standard InChI is InChI=1S/C15H19NOS/c1-10-6-5-7-11(8-10)14-16-13(15(2,3)4)12(9-17)18-14/h5-8,17H,9H2,1-4H3. The number of aliphatic hydroxyl groups excluding tert-OH is 1. The molecule has 18 heavy (non-hydrogen) atoms. The summed E-state index contributed by atoms with van der Waals surface area (Å²) in [4.78, 5) is 5.69. The molecule has 0 saturated heterocycles. The third-order valence-electron chi connectivity index (χ3n) is 2.82. The summed E-state index contributed by atoms with van der Waals surface area (Å²) in [5.41, 5.74) is 3.33. The monoisotopic (exact) mass is 261 g/mol. The van der Waals surface area contributed by atoms with Gasteiger partial charge in [-0.2, -0.15) is 0 Å². The van der Waals surface area contributed by atoms with Gasteiger partial charge in [0.2, 0.25) is 0 Å². The summed E-state index contributed by atoms with van der Waals surface area (Å²) >= 11 is 1.59. The summed E-state index contributed by atoms with van der Waals surface area (Å²) in [6.07, 6.45) is 0. The summed E-state index contributed by atoms with van der Waals surface area (Å²) in [6, 6.07) is 8.32. The second kappa shape index (κ2) is 4.82. The number of rotatable bonds is 2. The van der Waals surface area contributed by atoms with Crippen molar-refractivity contribution in [2.45, 2.75) is 39.7 Å². The van der Waals surface area contributed by atoms with Gasteiger partial charge in [0, 0.05) is 11.0 Å². The van der Waals surface area contributed by atoms with Crippen molar-refractivity contribution in [3.63, 3.8) is 0 Å². The first-order valence-electron chi connectivity index (χ1n) is 6.10. The van der Waals surface area contributed by atoms with Gasteiger partial charge in [-0.25, -0.2) is 4.98 Å². The zero-order valence-corrected chi connectivity index (χ0v) is 12.1. The SMILES string of the molecule is Cc1cccc(-c2nc(C(C)(C)C)c(CO)s2)c1. The van der Waals surface area contributed by atoms with Crippen LogP contribution in [-0.2, 0) is 12.0 Å². The lowest BCUT2D eigenvalue weighted by Gasteiger charge is -2.16. The van der Waals surface area contributed by atoms with Gasteiger partial charge in [-0.05, 0) is 13.0 Å². The Morgan fingerprint density at radius 1 is 1.28 bits per heavy atom. The van der Waals surface area contributed by atoms with Gasteiger partial charge >= 0.3 is 0 Å². The molecular formula is C15H19NOS. The average Bonchev–Trinajstić information content (AvgIpc) is 2.72. The van der Waals surface area contributed by atoms with E-state index >= 15 is 0 Å². The van der Waals surface area contributed by atoms with Crippen molar-refractivity contribution in [2.75, 3.05) is 0 Å². The zero-order valence-electron chi connectivity index (χ0n) is 11.3. The number of aliphatic hydroxyl groups is 1. The van der Waals surface area contributed by atoms with Gasteiger partial charge in [0.15, 0.2) is 0 Å². The highest BCUT2D eigenvalue weighted by molar-refractivity contribution is 7.15. The van der Waals surface area contributed by atoms with Crippen LogP contribution in [0.15, 0.2) is 24.3 Å². The van der Waals surface area contributed by atoms with Crippen LogP contribution in [0.4, 0.5) is 0 Å². The van der Waals surface area contributed by atoms with E-state index in [0.717, 1.165) is 21.1 Å². The molecule has 0 amide bonds. The largest absolute Gasteiger partial charge is 0.391 e. The Balaban J connectivity index is 2.51. The van der Waals surface area contributed by atoms with E-state index in [1.165, 1.54) is 5.56 Å². The van der Waals surface area contributed by atoms with Gasteiger partial charge in [0.25, 0.3) is 0 Å². The minimum atomic E-state index is -0.0311. The Morgan fingerprint density at radius 2 is 2.00 bits per heavy atom.